The van der Waals surface area contributed by atoms with Crippen LogP contribution in [0.1, 0.15) is 32.3 Å². The van der Waals surface area contributed by atoms with Crippen LogP contribution in [0.25, 0.3) is 0 Å². The Morgan fingerprint density at radius 2 is 2.00 bits per heavy atom. The Morgan fingerprint density at radius 1 is 1.26 bits per heavy atom. The summed E-state index contributed by atoms with van der Waals surface area (Å²) in [6, 6.07) is 5.46. The molecule has 0 radical (unpaired) electrons. The summed E-state index contributed by atoms with van der Waals surface area (Å²) in [4.78, 5) is 0. The molecule has 1 rings (SSSR count). The minimum Gasteiger partial charge on any atom is -0.493 e. The molecular weight excluding hydrogens is 242 g/mol. The molecule has 19 heavy (non-hydrogen) atoms. The summed E-state index contributed by atoms with van der Waals surface area (Å²) >= 11 is 0. The highest BCUT2D eigenvalue weighted by atomic mass is 16.5. The number of benzene rings is 1. The fourth-order valence-corrected chi connectivity index (χ4v) is 1.76. The van der Waals surface area contributed by atoms with E-state index in [4.69, 9.17) is 20.3 Å². The van der Waals surface area contributed by atoms with Gasteiger partial charge < -0.3 is 20.3 Å². The maximum absolute atomic E-state index is 9.07. The second-order valence-corrected chi connectivity index (χ2v) is 5.46. The first-order valence-electron chi connectivity index (χ1n) is 6.63. The molecule has 0 unspecified atom stereocenters. The maximum Gasteiger partial charge on any atom is 0.161 e. The molecule has 0 heterocycles. The Balaban J connectivity index is 2.49. The number of hydrogen-bond acceptors (Lipinski definition) is 4. The summed E-state index contributed by atoms with van der Waals surface area (Å²) in [5.74, 6) is 1.37. The van der Waals surface area contributed by atoms with Crippen LogP contribution in [-0.4, -0.2) is 25.4 Å². The summed E-state index contributed by atoms with van der Waals surface area (Å²) in [7, 11) is 1.60. The van der Waals surface area contributed by atoms with Crippen LogP contribution in [0.15, 0.2) is 18.2 Å². The van der Waals surface area contributed by atoms with E-state index in [9.17, 15) is 0 Å². The third-order valence-electron chi connectivity index (χ3n) is 3.22. The number of hydrogen-bond donors (Lipinski definition) is 2. The molecule has 0 fully saturated rings. The molecule has 0 saturated heterocycles. The number of rotatable bonds is 8. The molecule has 4 nitrogen and oxygen atoms in total. The van der Waals surface area contributed by atoms with Crippen LogP contribution in [-0.2, 0) is 6.61 Å². The molecule has 3 N–H and O–H groups in total. The highest BCUT2D eigenvalue weighted by molar-refractivity contribution is 5.42. The number of ether oxygens (including phenoxy) is 2. The molecule has 1 aromatic rings. The van der Waals surface area contributed by atoms with E-state index >= 15 is 0 Å². The largest absolute Gasteiger partial charge is 0.493 e. The zero-order chi connectivity index (χ0) is 14.3. The fraction of sp³-hybridized carbons (Fsp3) is 0.600. The topological polar surface area (TPSA) is 64.7 Å². The average molecular weight is 267 g/mol. The minimum atomic E-state index is 0.00132. The van der Waals surface area contributed by atoms with Gasteiger partial charge in [0.15, 0.2) is 11.5 Å². The highest BCUT2D eigenvalue weighted by Crippen LogP contribution is 2.28. The van der Waals surface area contributed by atoms with Gasteiger partial charge in [-0.25, -0.2) is 0 Å². The molecule has 0 aliphatic carbocycles. The summed E-state index contributed by atoms with van der Waals surface area (Å²) in [6.45, 7) is 5.63. The summed E-state index contributed by atoms with van der Waals surface area (Å²) in [5.41, 5.74) is 6.67. The molecular formula is C15H25NO3. The standard InChI is InChI=1S/C15H25NO3/c1-15(2,11-16)7-4-8-19-13-6-5-12(10-17)9-14(13)18-3/h5-6,9,17H,4,7-8,10-11,16H2,1-3H3. The molecule has 1 aromatic carbocycles. The van der Waals surface area contributed by atoms with Crippen LogP contribution in [0, 0.1) is 5.41 Å². The van der Waals surface area contributed by atoms with Crippen LogP contribution in [0.3, 0.4) is 0 Å². The molecule has 0 aliphatic rings. The lowest BCUT2D eigenvalue weighted by Crippen LogP contribution is -2.23. The molecule has 0 aliphatic heterocycles. The van der Waals surface area contributed by atoms with Crippen LogP contribution in [0.2, 0.25) is 0 Å². The quantitative estimate of drug-likeness (QED) is 0.710. The van der Waals surface area contributed by atoms with Gasteiger partial charge in [0.2, 0.25) is 0 Å². The van der Waals surface area contributed by atoms with Crippen molar-refractivity contribution in [1.29, 1.82) is 0 Å². The van der Waals surface area contributed by atoms with Crippen molar-refractivity contribution >= 4 is 0 Å². The zero-order valence-electron chi connectivity index (χ0n) is 12.1. The first-order chi connectivity index (χ1) is 9.02. The van der Waals surface area contributed by atoms with E-state index in [1.807, 2.05) is 12.1 Å². The molecule has 108 valence electrons. The van der Waals surface area contributed by atoms with E-state index in [1.165, 1.54) is 0 Å². The highest BCUT2D eigenvalue weighted by Gasteiger charge is 2.15. The molecule has 4 heteroatoms. The summed E-state index contributed by atoms with van der Waals surface area (Å²) in [5, 5.41) is 9.07. The van der Waals surface area contributed by atoms with Gasteiger partial charge in [0.25, 0.3) is 0 Å². The van der Waals surface area contributed by atoms with Crippen molar-refractivity contribution in [2.75, 3.05) is 20.3 Å². The second-order valence-electron chi connectivity index (χ2n) is 5.46. The third-order valence-corrected chi connectivity index (χ3v) is 3.22. The van der Waals surface area contributed by atoms with Crippen molar-refractivity contribution in [2.45, 2.75) is 33.3 Å². The van der Waals surface area contributed by atoms with E-state index in [-0.39, 0.29) is 12.0 Å². The molecule has 0 saturated carbocycles. The van der Waals surface area contributed by atoms with Crippen molar-refractivity contribution in [1.82, 2.24) is 0 Å². The predicted molar refractivity (Wildman–Crippen MR) is 76.5 cm³/mol. The first-order valence-corrected chi connectivity index (χ1v) is 6.63. The summed E-state index contributed by atoms with van der Waals surface area (Å²) < 4.78 is 11.0. The average Bonchev–Trinajstić information content (AvgIpc) is 2.43. The maximum atomic E-state index is 9.07. The van der Waals surface area contributed by atoms with Crippen LogP contribution >= 0.6 is 0 Å². The third kappa shape index (κ3) is 5.09. The van der Waals surface area contributed by atoms with E-state index in [1.54, 1.807) is 13.2 Å². The van der Waals surface area contributed by atoms with Gasteiger partial charge in [-0.15, -0.1) is 0 Å². The number of aliphatic hydroxyl groups is 1. The fourth-order valence-electron chi connectivity index (χ4n) is 1.76. The lowest BCUT2D eigenvalue weighted by molar-refractivity contribution is 0.250. The number of nitrogens with two attached hydrogens (primary N) is 1. The first kappa shape index (κ1) is 15.8. The van der Waals surface area contributed by atoms with Crippen molar-refractivity contribution in [3.05, 3.63) is 23.8 Å². The predicted octanol–water partition coefficient (Wildman–Crippen LogP) is 2.33. The van der Waals surface area contributed by atoms with Gasteiger partial charge in [-0.2, -0.15) is 0 Å². The van der Waals surface area contributed by atoms with E-state index in [0.29, 0.717) is 24.7 Å². The van der Waals surface area contributed by atoms with Gasteiger partial charge >= 0.3 is 0 Å². The number of methoxy groups -OCH3 is 1. The Kier molecular flexibility index (Phi) is 6.12. The van der Waals surface area contributed by atoms with Gasteiger partial charge in [0, 0.05) is 0 Å². The van der Waals surface area contributed by atoms with Crippen molar-refractivity contribution < 1.29 is 14.6 Å². The van der Waals surface area contributed by atoms with Crippen molar-refractivity contribution in [3.8, 4) is 11.5 Å². The zero-order valence-corrected chi connectivity index (χ0v) is 12.1. The summed E-state index contributed by atoms with van der Waals surface area (Å²) in [6.07, 6.45) is 1.98. The van der Waals surface area contributed by atoms with Crippen LogP contribution < -0.4 is 15.2 Å². The van der Waals surface area contributed by atoms with E-state index in [2.05, 4.69) is 13.8 Å². The van der Waals surface area contributed by atoms with Gasteiger partial charge in [-0.3, -0.25) is 0 Å². The Labute approximate surface area is 115 Å². The Bertz CT molecular complexity index is 391. The normalized spacial score (nSPS) is 11.4. The lowest BCUT2D eigenvalue weighted by Gasteiger charge is -2.22. The van der Waals surface area contributed by atoms with Crippen LogP contribution in [0.4, 0.5) is 0 Å². The Morgan fingerprint density at radius 3 is 2.58 bits per heavy atom. The SMILES string of the molecule is COc1cc(CO)ccc1OCCCC(C)(C)CN. The Hall–Kier alpha value is -1.26. The molecule has 0 atom stereocenters. The van der Waals surface area contributed by atoms with Gasteiger partial charge in [0.1, 0.15) is 0 Å². The van der Waals surface area contributed by atoms with Gasteiger partial charge in [0.05, 0.1) is 20.3 Å². The van der Waals surface area contributed by atoms with Crippen LogP contribution in [0.5, 0.6) is 11.5 Å². The minimum absolute atomic E-state index is 0.00132. The molecule has 0 spiro atoms. The van der Waals surface area contributed by atoms with Crippen molar-refractivity contribution in [3.63, 3.8) is 0 Å². The van der Waals surface area contributed by atoms with Gasteiger partial charge in [-0.1, -0.05) is 19.9 Å². The molecule has 0 amide bonds. The molecule has 0 aromatic heterocycles. The number of aliphatic hydroxyl groups excluding tert-OH is 1. The molecule has 0 bridgehead atoms. The lowest BCUT2D eigenvalue weighted by atomic mass is 9.88. The second kappa shape index (κ2) is 7.36. The van der Waals surface area contributed by atoms with E-state index < -0.39 is 0 Å². The van der Waals surface area contributed by atoms with E-state index in [0.717, 1.165) is 18.4 Å². The monoisotopic (exact) mass is 267 g/mol. The van der Waals surface area contributed by atoms with Gasteiger partial charge in [-0.05, 0) is 42.5 Å². The van der Waals surface area contributed by atoms with Crippen molar-refractivity contribution in [2.24, 2.45) is 11.1 Å². The smallest absolute Gasteiger partial charge is 0.161 e.